The van der Waals surface area contributed by atoms with E-state index in [0.29, 0.717) is 13.2 Å². The number of nitrogens with zero attached hydrogens (tertiary/aromatic N) is 2. The molecule has 1 fully saturated rings. The molecule has 3 nitrogen and oxygen atoms in total. The average Bonchev–Trinajstić information content (AvgIpc) is 2.47. The number of hydrogen-bond donors (Lipinski definition) is 0. The van der Waals surface area contributed by atoms with Gasteiger partial charge in [-0.3, -0.25) is 4.90 Å². The van der Waals surface area contributed by atoms with Crippen molar-refractivity contribution in [2.75, 3.05) is 26.2 Å². The van der Waals surface area contributed by atoms with E-state index in [4.69, 9.17) is 10.00 Å². The normalized spacial score (nSPS) is 16.5. The molecule has 0 bridgehead atoms. The van der Waals surface area contributed by atoms with Crippen LogP contribution < -0.4 is 4.74 Å². The second kappa shape index (κ2) is 6.81. The molecular weight excluding hydrogens is 281 g/mol. The van der Waals surface area contributed by atoms with E-state index in [9.17, 15) is 13.2 Å². The van der Waals surface area contributed by atoms with E-state index >= 15 is 0 Å². The van der Waals surface area contributed by atoms with Crippen LogP contribution in [0.1, 0.15) is 30.4 Å². The quantitative estimate of drug-likeness (QED) is 0.854. The van der Waals surface area contributed by atoms with Gasteiger partial charge in [-0.05, 0) is 44.1 Å². The molecule has 0 N–H and O–H groups in total. The standard InChI is InChI=1S/C15H17F3N2O/c16-15(17,18)14-10-13(5-4-12(14)11-19)21-9-8-20-6-2-1-3-7-20/h4-5,10H,1-3,6-9H2. The van der Waals surface area contributed by atoms with Crippen LogP contribution in [-0.4, -0.2) is 31.1 Å². The summed E-state index contributed by atoms with van der Waals surface area (Å²) >= 11 is 0. The van der Waals surface area contributed by atoms with Gasteiger partial charge in [0.1, 0.15) is 12.4 Å². The summed E-state index contributed by atoms with van der Waals surface area (Å²) in [5.74, 6) is 0.151. The molecule has 0 spiro atoms. The van der Waals surface area contributed by atoms with Crippen LogP contribution in [0.15, 0.2) is 18.2 Å². The Morgan fingerprint density at radius 2 is 1.90 bits per heavy atom. The molecule has 0 atom stereocenters. The van der Waals surface area contributed by atoms with Crippen LogP contribution >= 0.6 is 0 Å². The summed E-state index contributed by atoms with van der Waals surface area (Å²) in [6, 6.07) is 5.01. The van der Waals surface area contributed by atoms with Crippen molar-refractivity contribution in [3.63, 3.8) is 0 Å². The van der Waals surface area contributed by atoms with Crippen molar-refractivity contribution in [1.82, 2.24) is 4.90 Å². The van der Waals surface area contributed by atoms with Crippen LogP contribution in [0.5, 0.6) is 5.75 Å². The number of halogens is 3. The number of piperidine rings is 1. The van der Waals surface area contributed by atoms with Crippen molar-refractivity contribution in [1.29, 1.82) is 5.26 Å². The zero-order valence-corrected chi connectivity index (χ0v) is 11.6. The predicted molar refractivity (Wildman–Crippen MR) is 71.9 cm³/mol. The number of likely N-dealkylation sites (tertiary alicyclic amines) is 1. The Morgan fingerprint density at radius 3 is 2.52 bits per heavy atom. The molecule has 2 rings (SSSR count). The molecule has 1 aliphatic rings. The maximum absolute atomic E-state index is 12.8. The molecule has 1 aliphatic heterocycles. The minimum Gasteiger partial charge on any atom is -0.492 e. The first kappa shape index (κ1) is 15.6. The van der Waals surface area contributed by atoms with E-state index in [1.165, 1.54) is 12.5 Å². The summed E-state index contributed by atoms with van der Waals surface area (Å²) in [5, 5.41) is 8.72. The molecule has 1 aromatic carbocycles. The van der Waals surface area contributed by atoms with E-state index < -0.39 is 11.7 Å². The molecule has 0 unspecified atom stereocenters. The van der Waals surface area contributed by atoms with E-state index in [1.807, 2.05) is 0 Å². The summed E-state index contributed by atoms with van der Waals surface area (Å²) < 4.78 is 43.8. The lowest BCUT2D eigenvalue weighted by atomic mass is 10.1. The van der Waals surface area contributed by atoms with Crippen LogP contribution in [0.25, 0.3) is 0 Å². The summed E-state index contributed by atoms with van der Waals surface area (Å²) in [6.45, 7) is 3.10. The number of nitriles is 1. The lowest BCUT2D eigenvalue weighted by molar-refractivity contribution is -0.137. The first-order valence-electron chi connectivity index (χ1n) is 6.97. The lowest BCUT2D eigenvalue weighted by Gasteiger charge is -2.26. The number of rotatable bonds is 4. The van der Waals surface area contributed by atoms with Gasteiger partial charge in [-0.1, -0.05) is 6.42 Å². The maximum atomic E-state index is 12.8. The zero-order chi connectivity index (χ0) is 15.3. The molecule has 114 valence electrons. The Bertz CT molecular complexity index is 517. The second-order valence-electron chi connectivity index (χ2n) is 5.07. The molecule has 1 saturated heterocycles. The third-order valence-corrected chi connectivity index (χ3v) is 3.54. The van der Waals surface area contributed by atoms with Crippen molar-refractivity contribution >= 4 is 0 Å². The highest BCUT2D eigenvalue weighted by Gasteiger charge is 2.34. The second-order valence-corrected chi connectivity index (χ2v) is 5.07. The Balaban J connectivity index is 1.96. The Kier molecular flexibility index (Phi) is 5.07. The van der Waals surface area contributed by atoms with Crippen molar-refractivity contribution in [3.05, 3.63) is 29.3 Å². The zero-order valence-electron chi connectivity index (χ0n) is 11.6. The Hall–Kier alpha value is -1.74. The van der Waals surface area contributed by atoms with Crippen molar-refractivity contribution < 1.29 is 17.9 Å². The maximum Gasteiger partial charge on any atom is 0.417 e. The van der Waals surface area contributed by atoms with Crippen LogP contribution in [0, 0.1) is 11.3 Å². The van der Waals surface area contributed by atoms with Gasteiger partial charge in [0.05, 0.1) is 17.2 Å². The van der Waals surface area contributed by atoms with E-state index in [0.717, 1.165) is 38.1 Å². The van der Waals surface area contributed by atoms with Crippen molar-refractivity contribution in [3.8, 4) is 11.8 Å². The number of benzene rings is 1. The topological polar surface area (TPSA) is 36.3 Å². The fraction of sp³-hybridized carbons (Fsp3) is 0.533. The van der Waals surface area contributed by atoms with Gasteiger partial charge in [0, 0.05) is 6.54 Å². The molecule has 0 amide bonds. The van der Waals surface area contributed by atoms with Crippen LogP contribution in [0.2, 0.25) is 0 Å². The van der Waals surface area contributed by atoms with Gasteiger partial charge < -0.3 is 4.74 Å². The summed E-state index contributed by atoms with van der Waals surface area (Å²) in [4.78, 5) is 2.25. The number of alkyl halides is 3. The highest BCUT2D eigenvalue weighted by molar-refractivity contribution is 5.44. The molecule has 0 radical (unpaired) electrons. The lowest BCUT2D eigenvalue weighted by Crippen LogP contribution is -2.33. The molecule has 0 aromatic heterocycles. The van der Waals surface area contributed by atoms with Gasteiger partial charge in [0.15, 0.2) is 0 Å². The highest BCUT2D eigenvalue weighted by Crippen LogP contribution is 2.34. The van der Waals surface area contributed by atoms with Crippen molar-refractivity contribution in [2.45, 2.75) is 25.4 Å². The fourth-order valence-electron chi connectivity index (χ4n) is 2.42. The van der Waals surface area contributed by atoms with E-state index in [2.05, 4.69) is 4.90 Å². The highest BCUT2D eigenvalue weighted by atomic mass is 19.4. The summed E-state index contributed by atoms with van der Waals surface area (Å²) in [7, 11) is 0. The van der Waals surface area contributed by atoms with Gasteiger partial charge in [-0.2, -0.15) is 18.4 Å². The Labute approximate surface area is 121 Å². The summed E-state index contributed by atoms with van der Waals surface area (Å²) in [5.41, 5.74) is -1.33. The first-order valence-corrected chi connectivity index (χ1v) is 6.97. The third kappa shape index (κ3) is 4.36. The third-order valence-electron chi connectivity index (χ3n) is 3.54. The largest absolute Gasteiger partial charge is 0.492 e. The molecule has 0 saturated carbocycles. The first-order chi connectivity index (χ1) is 10.0. The summed E-state index contributed by atoms with van der Waals surface area (Å²) in [6.07, 6.45) is -0.983. The number of ether oxygens (including phenoxy) is 1. The molecule has 1 aromatic rings. The minimum atomic E-state index is -4.54. The van der Waals surface area contributed by atoms with Crippen LogP contribution in [-0.2, 0) is 6.18 Å². The van der Waals surface area contributed by atoms with Gasteiger partial charge >= 0.3 is 6.18 Å². The molecule has 21 heavy (non-hydrogen) atoms. The van der Waals surface area contributed by atoms with Crippen LogP contribution in [0.4, 0.5) is 13.2 Å². The fourth-order valence-corrected chi connectivity index (χ4v) is 2.42. The smallest absolute Gasteiger partial charge is 0.417 e. The van der Waals surface area contributed by atoms with Gasteiger partial charge in [0.2, 0.25) is 0 Å². The molecule has 0 aliphatic carbocycles. The molecule has 1 heterocycles. The van der Waals surface area contributed by atoms with E-state index in [-0.39, 0.29) is 11.3 Å². The van der Waals surface area contributed by atoms with E-state index in [1.54, 1.807) is 6.07 Å². The minimum absolute atomic E-state index is 0.151. The molecular formula is C15H17F3N2O. The average molecular weight is 298 g/mol. The number of hydrogen-bond acceptors (Lipinski definition) is 3. The SMILES string of the molecule is N#Cc1ccc(OCCN2CCCCC2)cc1C(F)(F)F. The van der Waals surface area contributed by atoms with Gasteiger partial charge in [-0.15, -0.1) is 0 Å². The van der Waals surface area contributed by atoms with Gasteiger partial charge in [0.25, 0.3) is 0 Å². The monoisotopic (exact) mass is 298 g/mol. The van der Waals surface area contributed by atoms with Crippen molar-refractivity contribution in [2.24, 2.45) is 0 Å². The van der Waals surface area contributed by atoms with Gasteiger partial charge in [-0.25, -0.2) is 0 Å². The van der Waals surface area contributed by atoms with Crippen LogP contribution in [0.3, 0.4) is 0 Å². The predicted octanol–water partition coefficient (Wildman–Crippen LogP) is 3.44. The molecule has 6 heteroatoms. The Morgan fingerprint density at radius 1 is 1.19 bits per heavy atom.